The van der Waals surface area contributed by atoms with Crippen LogP contribution in [0.3, 0.4) is 0 Å². The average molecular weight is 213 g/mol. The second-order valence-electron chi connectivity index (χ2n) is 4.12. The van der Waals surface area contributed by atoms with Gasteiger partial charge in [0.05, 0.1) is 13.1 Å². The molecule has 84 valence electrons. The summed E-state index contributed by atoms with van der Waals surface area (Å²) in [5, 5.41) is 18.2. The predicted octanol–water partition coefficient (Wildman–Crippen LogP) is -0.144. The molecule has 0 atom stereocenters. The van der Waals surface area contributed by atoms with Crippen molar-refractivity contribution in [2.24, 2.45) is 5.92 Å². The third-order valence-corrected chi connectivity index (χ3v) is 2.68. The standard InChI is InChI=1S/C10H15NO4/c1-7(2)10(15)5-11(6-10)8(12)3-4-9(13)14/h3-4,7,15H,5-6H2,1-2H3,(H,13,14)/b4-3+. The molecule has 5 nitrogen and oxygen atoms in total. The predicted molar refractivity (Wildman–Crippen MR) is 53.1 cm³/mol. The maximum atomic E-state index is 11.3. The second kappa shape index (κ2) is 4.02. The third kappa shape index (κ3) is 2.56. The van der Waals surface area contributed by atoms with E-state index in [4.69, 9.17) is 5.11 Å². The summed E-state index contributed by atoms with van der Waals surface area (Å²) in [6.07, 6.45) is 1.80. The number of amides is 1. The molecule has 0 bridgehead atoms. The quantitative estimate of drug-likeness (QED) is 0.639. The Labute approximate surface area is 88.0 Å². The Bertz CT molecular complexity index is 303. The van der Waals surface area contributed by atoms with Gasteiger partial charge in [0.25, 0.3) is 0 Å². The van der Waals surface area contributed by atoms with Crippen molar-refractivity contribution in [2.45, 2.75) is 19.4 Å². The largest absolute Gasteiger partial charge is 0.478 e. The number of carbonyl (C=O) groups is 2. The molecule has 1 aliphatic rings. The van der Waals surface area contributed by atoms with Crippen LogP contribution in [-0.2, 0) is 9.59 Å². The van der Waals surface area contributed by atoms with E-state index in [1.54, 1.807) is 0 Å². The van der Waals surface area contributed by atoms with E-state index in [9.17, 15) is 14.7 Å². The molecule has 0 aliphatic carbocycles. The topological polar surface area (TPSA) is 77.8 Å². The van der Waals surface area contributed by atoms with E-state index in [1.165, 1.54) is 4.90 Å². The van der Waals surface area contributed by atoms with Crippen LogP contribution >= 0.6 is 0 Å². The van der Waals surface area contributed by atoms with Crippen LogP contribution in [0.15, 0.2) is 12.2 Å². The van der Waals surface area contributed by atoms with Gasteiger partial charge in [0.15, 0.2) is 0 Å². The third-order valence-electron chi connectivity index (χ3n) is 2.68. The van der Waals surface area contributed by atoms with Crippen LogP contribution < -0.4 is 0 Å². The summed E-state index contributed by atoms with van der Waals surface area (Å²) in [7, 11) is 0. The van der Waals surface area contributed by atoms with Crippen molar-refractivity contribution in [1.29, 1.82) is 0 Å². The Morgan fingerprint density at radius 1 is 1.33 bits per heavy atom. The van der Waals surface area contributed by atoms with Crippen molar-refractivity contribution in [1.82, 2.24) is 4.90 Å². The SMILES string of the molecule is CC(C)C1(O)CN(C(=O)/C=C/C(=O)O)C1. The summed E-state index contributed by atoms with van der Waals surface area (Å²) < 4.78 is 0. The van der Waals surface area contributed by atoms with Crippen molar-refractivity contribution in [3.63, 3.8) is 0 Å². The molecule has 0 aromatic heterocycles. The smallest absolute Gasteiger partial charge is 0.328 e. The Morgan fingerprint density at radius 2 is 1.87 bits per heavy atom. The minimum atomic E-state index is -1.15. The van der Waals surface area contributed by atoms with E-state index in [2.05, 4.69) is 0 Å². The van der Waals surface area contributed by atoms with E-state index >= 15 is 0 Å². The van der Waals surface area contributed by atoms with Crippen LogP contribution in [-0.4, -0.2) is 45.7 Å². The number of nitrogens with zero attached hydrogens (tertiary/aromatic N) is 1. The number of carboxylic acids is 1. The highest BCUT2D eigenvalue weighted by Gasteiger charge is 2.45. The fourth-order valence-electron chi connectivity index (χ4n) is 1.38. The number of aliphatic carboxylic acids is 1. The molecule has 0 spiro atoms. The van der Waals surface area contributed by atoms with Crippen LogP contribution in [0.2, 0.25) is 0 Å². The molecule has 1 saturated heterocycles. The Hall–Kier alpha value is -1.36. The number of rotatable bonds is 3. The molecule has 2 N–H and O–H groups in total. The monoisotopic (exact) mass is 213 g/mol. The summed E-state index contributed by atoms with van der Waals surface area (Å²) in [6, 6.07) is 0. The maximum absolute atomic E-state index is 11.3. The van der Waals surface area contributed by atoms with E-state index in [-0.39, 0.29) is 24.9 Å². The van der Waals surface area contributed by atoms with E-state index in [1.807, 2.05) is 13.8 Å². The van der Waals surface area contributed by atoms with E-state index < -0.39 is 11.6 Å². The molecule has 5 heteroatoms. The first-order valence-corrected chi connectivity index (χ1v) is 4.77. The van der Waals surface area contributed by atoms with Crippen LogP contribution in [0.25, 0.3) is 0 Å². The van der Waals surface area contributed by atoms with Crippen LogP contribution in [0.5, 0.6) is 0 Å². The summed E-state index contributed by atoms with van der Waals surface area (Å²) >= 11 is 0. The van der Waals surface area contributed by atoms with Gasteiger partial charge in [-0.2, -0.15) is 0 Å². The Kier molecular flexibility index (Phi) is 3.14. The van der Waals surface area contributed by atoms with Gasteiger partial charge in [-0.15, -0.1) is 0 Å². The van der Waals surface area contributed by atoms with Gasteiger partial charge in [-0.3, -0.25) is 4.79 Å². The van der Waals surface area contributed by atoms with Crippen molar-refractivity contribution in [3.05, 3.63) is 12.2 Å². The minimum Gasteiger partial charge on any atom is -0.478 e. The Morgan fingerprint density at radius 3 is 2.27 bits per heavy atom. The van der Waals surface area contributed by atoms with Gasteiger partial charge < -0.3 is 15.1 Å². The van der Waals surface area contributed by atoms with Crippen LogP contribution in [0.1, 0.15) is 13.8 Å². The van der Waals surface area contributed by atoms with Gasteiger partial charge in [-0.1, -0.05) is 13.8 Å². The highest BCUT2D eigenvalue weighted by Crippen LogP contribution is 2.28. The normalized spacial score (nSPS) is 19.3. The molecule has 0 aromatic rings. The summed E-state index contributed by atoms with van der Waals surface area (Å²) in [5.74, 6) is -1.43. The average Bonchev–Trinajstić information content (AvgIpc) is 2.08. The van der Waals surface area contributed by atoms with E-state index in [0.29, 0.717) is 0 Å². The Balaban J connectivity index is 2.45. The van der Waals surface area contributed by atoms with Gasteiger partial charge in [-0.25, -0.2) is 4.79 Å². The highest BCUT2D eigenvalue weighted by atomic mass is 16.4. The minimum absolute atomic E-state index is 0.0880. The summed E-state index contributed by atoms with van der Waals surface area (Å²) in [6.45, 7) is 4.31. The van der Waals surface area contributed by atoms with Gasteiger partial charge in [0, 0.05) is 12.2 Å². The molecule has 1 amide bonds. The molecule has 15 heavy (non-hydrogen) atoms. The second-order valence-corrected chi connectivity index (χ2v) is 4.12. The lowest BCUT2D eigenvalue weighted by molar-refractivity contribution is -0.159. The molecular weight excluding hydrogens is 198 g/mol. The molecule has 0 aromatic carbocycles. The zero-order valence-corrected chi connectivity index (χ0v) is 8.80. The number of hydrogen-bond acceptors (Lipinski definition) is 3. The van der Waals surface area contributed by atoms with Crippen molar-refractivity contribution >= 4 is 11.9 Å². The number of carboxylic acid groups (broad SMARTS) is 1. The van der Waals surface area contributed by atoms with Crippen molar-refractivity contribution < 1.29 is 19.8 Å². The van der Waals surface area contributed by atoms with Gasteiger partial charge in [-0.05, 0) is 5.92 Å². The number of hydrogen-bond donors (Lipinski definition) is 2. The first-order chi connectivity index (χ1) is 6.85. The fourth-order valence-corrected chi connectivity index (χ4v) is 1.38. The van der Waals surface area contributed by atoms with Crippen LogP contribution in [0.4, 0.5) is 0 Å². The van der Waals surface area contributed by atoms with Gasteiger partial charge in [0.2, 0.25) is 5.91 Å². The number of β-amino-alcohol motifs (C(OH)–C–C–N with tert-alkyl or cyclic N) is 1. The zero-order chi connectivity index (χ0) is 11.6. The van der Waals surface area contributed by atoms with E-state index in [0.717, 1.165) is 12.2 Å². The number of carbonyl (C=O) groups excluding carboxylic acids is 1. The molecule has 0 radical (unpaired) electrons. The molecule has 1 fully saturated rings. The van der Waals surface area contributed by atoms with Gasteiger partial charge >= 0.3 is 5.97 Å². The lowest BCUT2D eigenvalue weighted by Gasteiger charge is -2.48. The van der Waals surface area contributed by atoms with Crippen LogP contribution in [0, 0.1) is 5.92 Å². The van der Waals surface area contributed by atoms with Crippen molar-refractivity contribution in [3.8, 4) is 0 Å². The molecule has 1 heterocycles. The number of aliphatic hydroxyl groups is 1. The van der Waals surface area contributed by atoms with Crippen molar-refractivity contribution in [2.75, 3.05) is 13.1 Å². The molecular formula is C10H15NO4. The first-order valence-electron chi connectivity index (χ1n) is 4.77. The summed E-state index contributed by atoms with van der Waals surface area (Å²) in [5.41, 5.74) is -0.813. The number of likely N-dealkylation sites (tertiary alicyclic amines) is 1. The fraction of sp³-hybridized carbons (Fsp3) is 0.600. The zero-order valence-electron chi connectivity index (χ0n) is 8.80. The highest BCUT2D eigenvalue weighted by molar-refractivity contribution is 5.94. The molecule has 0 unspecified atom stereocenters. The lowest BCUT2D eigenvalue weighted by Crippen LogP contribution is -2.65. The molecule has 1 aliphatic heterocycles. The molecule has 1 rings (SSSR count). The van der Waals surface area contributed by atoms with Gasteiger partial charge in [0.1, 0.15) is 5.60 Å². The summed E-state index contributed by atoms with van der Waals surface area (Å²) in [4.78, 5) is 22.9. The maximum Gasteiger partial charge on any atom is 0.328 e. The molecule has 0 saturated carbocycles. The lowest BCUT2D eigenvalue weighted by atomic mass is 9.83. The first kappa shape index (κ1) is 11.7.